The first-order valence-electron chi connectivity index (χ1n) is 7.68. The van der Waals surface area contributed by atoms with Crippen LogP contribution < -0.4 is 5.32 Å². The van der Waals surface area contributed by atoms with Gasteiger partial charge in [-0.2, -0.15) is 0 Å². The molecule has 2 aliphatic heterocycles. The lowest BCUT2D eigenvalue weighted by Crippen LogP contribution is -2.38. The van der Waals surface area contributed by atoms with Crippen molar-refractivity contribution < 1.29 is 4.79 Å². The van der Waals surface area contributed by atoms with Crippen LogP contribution in [0, 0.1) is 5.92 Å². The first-order chi connectivity index (χ1) is 10.6. The second-order valence-corrected chi connectivity index (χ2v) is 8.23. The standard InChI is InChI=1S/C16H20Cl2N2OS/c1-10-15(21)20(9-11-4-6-19-7-5-11)16(22-10)12-2-3-13(17)14(18)8-12/h2-3,8,10-11,16,19H,4-7,9H2,1H3. The third-order valence-electron chi connectivity index (χ3n) is 4.39. The quantitative estimate of drug-likeness (QED) is 0.887. The lowest BCUT2D eigenvalue weighted by atomic mass is 9.97. The minimum absolute atomic E-state index is 0.00108. The van der Waals surface area contributed by atoms with Crippen molar-refractivity contribution in [3.63, 3.8) is 0 Å². The summed E-state index contributed by atoms with van der Waals surface area (Å²) in [5.74, 6) is 0.820. The van der Waals surface area contributed by atoms with Crippen molar-refractivity contribution in [2.75, 3.05) is 19.6 Å². The molecule has 0 saturated carbocycles. The Morgan fingerprint density at radius 3 is 2.68 bits per heavy atom. The molecule has 120 valence electrons. The number of benzene rings is 1. The molecule has 0 radical (unpaired) electrons. The summed E-state index contributed by atoms with van der Waals surface area (Å²) in [7, 11) is 0. The molecule has 0 bridgehead atoms. The predicted molar refractivity (Wildman–Crippen MR) is 93.6 cm³/mol. The van der Waals surface area contributed by atoms with Crippen LogP contribution in [-0.4, -0.2) is 35.7 Å². The molecule has 3 nitrogen and oxygen atoms in total. The molecule has 0 spiro atoms. The summed E-state index contributed by atoms with van der Waals surface area (Å²) in [6.07, 6.45) is 2.27. The van der Waals surface area contributed by atoms with Crippen LogP contribution in [0.4, 0.5) is 0 Å². The van der Waals surface area contributed by atoms with Gasteiger partial charge in [-0.25, -0.2) is 0 Å². The first-order valence-corrected chi connectivity index (χ1v) is 9.37. The minimum atomic E-state index is 0.00108. The normalized spacial score (nSPS) is 26.7. The van der Waals surface area contributed by atoms with Crippen LogP contribution in [0.1, 0.15) is 30.7 Å². The number of nitrogens with one attached hydrogen (secondary N) is 1. The van der Waals surface area contributed by atoms with Crippen molar-refractivity contribution in [3.05, 3.63) is 33.8 Å². The Labute approximate surface area is 145 Å². The van der Waals surface area contributed by atoms with Crippen molar-refractivity contribution in [3.8, 4) is 0 Å². The fourth-order valence-electron chi connectivity index (χ4n) is 3.13. The van der Waals surface area contributed by atoms with Crippen molar-refractivity contribution in [2.24, 2.45) is 5.92 Å². The smallest absolute Gasteiger partial charge is 0.236 e. The fourth-order valence-corrected chi connectivity index (χ4v) is 4.71. The summed E-state index contributed by atoms with van der Waals surface area (Å²) in [6, 6.07) is 5.69. The third-order valence-corrected chi connectivity index (χ3v) is 6.52. The summed E-state index contributed by atoms with van der Waals surface area (Å²) in [4.78, 5) is 14.6. The highest BCUT2D eigenvalue weighted by molar-refractivity contribution is 8.01. The van der Waals surface area contributed by atoms with Gasteiger partial charge in [-0.15, -0.1) is 11.8 Å². The number of carbonyl (C=O) groups is 1. The van der Waals surface area contributed by atoms with Gasteiger partial charge in [-0.3, -0.25) is 4.79 Å². The van der Waals surface area contributed by atoms with Gasteiger partial charge < -0.3 is 10.2 Å². The van der Waals surface area contributed by atoms with Crippen LogP contribution in [0.15, 0.2) is 18.2 Å². The SMILES string of the molecule is CC1SC(c2ccc(Cl)c(Cl)c2)N(CC2CCNCC2)C1=O. The number of halogens is 2. The number of hydrogen-bond acceptors (Lipinski definition) is 3. The zero-order valence-corrected chi connectivity index (χ0v) is 14.8. The third kappa shape index (κ3) is 3.40. The Balaban J connectivity index is 1.80. The van der Waals surface area contributed by atoms with Crippen LogP contribution in [0.2, 0.25) is 10.0 Å². The molecule has 1 N–H and O–H groups in total. The van der Waals surface area contributed by atoms with E-state index in [0.29, 0.717) is 16.0 Å². The molecule has 2 atom stereocenters. The van der Waals surface area contributed by atoms with Gasteiger partial charge >= 0.3 is 0 Å². The molecule has 0 aliphatic carbocycles. The number of piperidine rings is 1. The van der Waals surface area contributed by atoms with Crippen LogP contribution in [0.25, 0.3) is 0 Å². The number of thioether (sulfide) groups is 1. The molecular weight excluding hydrogens is 339 g/mol. The zero-order valence-electron chi connectivity index (χ0n) is 12.5. The highest BCUT2D eigenvalue weighted by Crippen LogP contribution is 2.44. The van der Waals surface area contributed by atoms with Gasteiger partial charge in [0.2, 0.25) is 5.91 Å². The second-order valence-electron chi connectivity index (χ2n) is 5.99. The van der Waals surface area contributed by atoms with Crippen molar-refractivity contribution in [1.82, 2.24) is 10.2 Å². The largest absolute Gasteiger partial charge is 0.325 e. The van der Waals surface area contributed by atoms with Gasteiger partial charge in [0.1, 0.15) is 5.37 Å². The van der Waals surface area contributed by atoms with Crippen LogP contribution in [-0.2, 0) is 4.79 Å². The monoisotopic (exact) mass is 358 g/mol. The van der Waals surface area contributed by atoms with Gasteiger partial charge in [-0.05, 0) is 56.5 Å². The molecule has 3 rings (SSSR count). The maximum absolute atomic E-state index is 12.5. The highest BCUT2D eigenvalue weighted by Gasteiger charge is 2.39. The van der Waals surface area contributed by atoms with E-state index in [4.69, 9.17) is 23.2 Å². The molecule has 2 unspecified atom stereocenters. The van der Waals surface area contributed by atoms with E-state index in [1.54, 1.807) is 11.8 Å². The van der Waals surface area contributed by atoms with Gasteiger partial charge in [0, 0.05) is 6.54 Å². The molecular formula is C16H20Cl2N2OS. The Hall–Kier alpha value is -0.420. The van der Waals surface area contributed by atoms with Crippen molar-refractivity contribution in [1.29, 1.82) is 0 Å². The molecule has 22 heavy (non-hydrogen) atoms. The topological polar surface area (TPSA) is 32.3 Å². The molecule has 2 heterocycles. The molecule has 6 heteroatoms. The summed E-state index contributed by atoms with van der Waals surface area (Å²) < 4.78 is 0. The zero-order chi connectivity index (χ0) is 15.7. The number of hydrogen-bond donors (Lipinski definition) is 1. The molecule has 0 aromatic heterocycles. The number of carbonyl (C=O) groups excluding carboxylic acids is 1. The van der Waals surface area contributed by atoms with E-state index in [1.165, 1.54) is 0 Å². The van der Waals surface area contributed by atoms with E-state index in [9.17, 15) is 4.79 Å². The summed E-state index contributed by atoms with van der Waals surface area (Å²) in [5.41, 5.74) is 1.06. The summed E-state index contributed by atoms with van der Waals surface area (Å²) in [5, 5.41) is 4.53. The molecule has 2 fully saturated rings. The van der Waals surface area contributed by atoms with E-state index >= 15 is 0 Å². The van der Waals surface area contributed by atoms with E-state index in [-0.39, 0.29) is 16.5 Å². The number of rotatable bonds is 3. The molecule has 2 saturated heterocycles. The minimum Gasteiger partial charge on any atom is -0.325 e. The Morgan fingerprint density at radius 1 is 1.27 bits per heavy atom. The van der Waals surface area contributed by atoms with Crippen LogP contribution in [0.5, 0.6) is 0 Å². The van der Waals surface area contributed by atoms with E-state index in [2.05, 4.69) is 5.32 Å². The van der Waals surface area contributed by atoms with Gasteiger partial charge in [-0.1, -0.05) is 29.3 Å². The maximum atomic E-state index is 12.5. The molecule has 1 aromatic rings. The molecule has 1 aromatic carbocycles. The highest BCUT2D eigenvalue weighted by atomic mass is 35.5. The maximum Gasteiger partial charge on any atom is 0.236 e. The molecule has 2 aliphatic rings. The lowest BCUT2D eigenvalue weighted by molar-refractivity contribution is -0.130. The Bertz CT molecular complexity index is 563. The average molecular weight is 359 g/mol. The summed E-state index contributed by atoms with van der Waals surface area (Å²) in [6.45, 7) is 4.92. The van der Waals surface area contributed by atoms with Crippen molar-refractivity contribution >= 4 is 40.9 Å². The van der Waals surface area contributed by atoms with Gasteiger partial charge in [0.15, 0.2) is 0 Å². The fraction of sp³-hybridized carbons (Fsp3) is 0.562. The van der Waals surface area contributed by atoms with Crippen LogP contribution in [0.3, 0.4) is 0 Å². The van der Waals surface area contributed by atoms with Crippen molar-refractivity contribution in [2.45, 2.75) is 30.4 Å². The molecule has 1 amide bonds. The summed E-state index contributed by atoms with van der Waals surface area (Å²) >= 11 is 13.9. The second kappa shape index (κ2) is 7.00. The van der Waals surface area contributed by atoms with E-state index < -0.39 is 0 Å². The number of nitrogens with zero attached hydrogens (tertiary/aromatic N) is 1. The van der Waals surface area contributed by atoms with E-state index in [1.807, 2.05) is 30.0 Å². The van der Waals surface area contributed by atoms with E-state index in [0.717, 1.165) is 38.0 Å². The first kappa shape index (κ1) is 16.4. The van der Waals surface area contributed by atoms with Crippen LogP contribution >= 0.6 is 35.0 Å². The number of amides is 1. The Kier molecular flexibility index (Phi) is 5.23. The average Bonchev–Trinajstić information content (AvgIpc) is 2.79. The lowest BCUT2D eigenvalue weighted by Gasteiger charge is -2.31. The van der Waals surface area contributed by atoms with Gasteiger partial charge in [0.05, 0.1) is 15.3 Å². The van der Waals surface area contributed by atoms with Gasteiger partial charge in [0.25, 0.3) is 0 Å². The Morgan fingerprint density at radius 2 is 2.00 bits per heavy atom. The predicted octanol–water partition coefficient (Wildman–Crippen LogP) is 3.96.